The first kappa shape index (κ1) is 30.4. The fourth-order valence-corrected chi connectivity index (χ4v) is 7.29. The number of halogens is 5. The Bertz CT molecular complexity index is 1600. The number of aromatic nitrogens is 3. The molecular formula is C28H30ClF4N5O3S. The largest absolute Gasteiger partial charge is 0.444 e. The van der Waals surface area contributed by atoms with Crippen LogP contribution in [0, 0.1) is 5.82 Å². The van der Waals surface area contributed by atoms with Gasteiger partial charge in [-0.15, -0.1) is 11.8 Å². The van der Waals surface area contributed by atoms with E-state index in [2.05, 4.69) is 9.97 Å². The van der Waals surface area contributed by atoms with Crippen molar-refractivity contribution in [2.75, 3.05) is 23.7 Å². The fourth-order valence-electron chi connectivity index (χ4n) is 5.62. The lowest BCUT2D eigenvalue weighted by atomic mass is 10.0. The molecule has 1 amide bonds. The number of piperazine rings is 1. The maximum Gasteiger partial charge on any atom is 0.417 e. The van der Waals surface area contributed by atoms with E-state index in [-0.39, 0.29) is 52.6 Å². The minimum absolute atomic E-state index is 0.0217. The van der Waals surface area contributed by atoms with Crippen LogP contribution >= 0.6 is 23.4 Å². The highest BCUT2D eigenvalue weighted by molar-refractivity contribution is 7.99. The molecule has 5 rings (SSSR count). The van der Waals surface area contributed by atoms with Crippen molar-refractivity contribution in [3.63, 3.8) is 0 Å². The number of anilines is 1. The molecule has 0 spiro atoms. The van der Waals surface area contributed by atoms with Gasteiger partial charge in [0, 0.05) is 54.6 Å². The second kappa shape index (κ2) is 10.9. The lowest BCUT2D eigenvalue weighted by Gasteiger charge is -2.45. The van der Waals surface area contributed by atoms with Gasteiger partial charge in [-0.25, -0.2) is 14.0 Å². The highest BCUT2D eigenvalue weighted by Gasteiger charge is 2.40. The standard InChI is InChI=1S/C28H30ClF4N5O3S/c1-14-10-36(11-15(2)38(14)26(40)41-27(3,4)5)24-17-8-19(28(31,32)33)21(29)23-22(17)37(25(39)35-24)12-16(13-42-23)18-9-34-7-6-20(18)30/h6-9,14-16H,10-13H2,1-5H3/t14-,15+,16-/m0/s1. The zero-order chi connectivity index (χ0) is 30.7. The van der Waals surface area contributed by atoms with Crippen LogP contribution < -0.4 is 10.6 Å². The summed E-state index contributed by atoms with van der Waals surface area (Å²) in [6.07, 6.45) is -2.62. The molecule has 0 radical (unpaired) electrons. The molecule has 2 aliphatic heterocycles. The van der Waals surface area contributed by atoms with E-state index in [9.17, 15) is 27.2 Å². The second-order valence-electron chi connectivity index (χ2n) is 11.7. The zero-order valence-corrected chi connectivity index (χ0v) is 25.2. The van der Waals surface area contributed by atoms with E-state index in [1.807, 2.05) is 0 Å². The van der Waals surface area contributed by atoms with Crippen LogP contribution in [0.4, 0.5) is 28.2 Å². The summed E-state index contributed by atoms with van der Waals surface area (Å²) in [5.41, 5.74) is -1.99. The molecule has 8 nitrogen and oxygen atoms in total. The molecule has 0 saturated carbocycles. The van der Waals surface area contributed by atoms with Gasteiger partial charge in [0.05, 0.1) is 33.1 Å². The minimum Gasteiger partial charge on any atom is -0.444 e. The highest BCUT2D eigenvalue weighted by atomic mass is 35.5. The van der Waals surface area contributed by atoms with Crippen molar-refractivity contribution in [2.24, 2.45) is 0 Å². The van der Waals surface area contributed by atoms with Gasteiger partial charge in [0.2, 0.25) is 0 Å². The summed E-state index contributed by atoms with van der Waals surface area (Å²) in [6.45, 7) is 9.27. The molecule has 0 N–H and O–H groups in total. The van der Waals surface area contributed by atoms with E-state index in [1.54, 1.807) is 44.4 Å². The van der Waals surface area contributed by atoms with Crippen LogP contribution in [-0.4, -0.2) is 62.1 Å². The van der Waals surface area contributed by atoms with Gasteiger partial charge in [0.25, 0.3) is 0 Å². The van der Waals surface area contributed by atoms with Crippen molar-refractivity contribution < 1.29 is 27.1 Å². The van der Waals surface area contributed by atoms with Crippen molar-refractivity contribution in [1.82, 2.24) is 19.4 Å². The molecule has 1 fully saturated rings. The third-order valence-corrected chi connectivity index (χ3v) is 9.09. The van der Waals surface area contributed by atoms with Gasteiger partial charge in [-0.2, -0.15) is 18.2 Å². The van der Waals surface area contributed by atoms with Crippen LogP contribution in [0.2, 0.25) is 5.02 Å². The van der Waals surface area contributed by atoms with E-state index in [0.717, 1.165) is 17.8 Å². The first-order valence-electron chi connectivity index (χ1n) is 13.4. The zero-order valence-electron chi connectivity index (χ0n) is 23.6. The van der Waals surface area contributed by atoms with Crippen LogP contribution in [-0.2, 0) is 17.5 Å². The molecule has 42 heavy (non-hydrogen) atoms. The van der Waals surface area contributed by atoms with Gasteiger partial charge in [-0.1, -0.05) is 11.6 Å². The average Bonchev–Trinajstić information content (AvgIpc) is 3.07. The maximum absolute atomic E-state index is 14.7. The molecule has 14 heteroatoms. The lowest BCUT2D eigenvalue weighted by molar-refractivity contribution is -0.137. The van der Waals surface area contributed by atoms with Crippen LogP contribution in [0.1, 0.15) is 51.7 Å². The molecule has 0 unspecified atom stereocenters. The Morgan fingerprint density at radius 1 is 1.14 bits per heavy atom. The number of pyridine rings is 1. The van der Waals surface area contributed by atoms with E-state index in [4.69, 9.17) is 16.3 Å². The van der Waals surface area contributed by atoms with E-state index < -0.39 is 58.0 Å². The monoisotopic (exact) mass is 627 g/mol. The Kier molecular flexibility index (Phi) is 7.88. The fraction of sp³-hybridized carbons (Fsp3) is 0.500. The molecule has 4 heterocycles. The van der Waals surface area contributed by atoms with E-state index >= 15 is 0 Å². The SMILES string of the molecule is C[C@@H]1CN(c2nc(=O)n3c4c(c(Cl)c(C(F)(F)F)cc24)SC[C@@H](c2cnccc2F)C3)C[C@H](C)N1C(=O)OC(C)(C)C. The van der Waals surface area contributed by atoms with Crippen LogP contribution in [0.25, 0.3) is 10.9 Å². The average molecular weight is 628 g/mol. The highest BCUT2D eigenvalue weighted by Crippen LogP contribution is 2.47. The molecule has 0 bridgehead atoms. The summed E-state index contributed by atoms with van der Waals surface area (Å²) in [7, 11) is 0. The molecule has 3 atom stereocenters. The Balaban J connectivity index is 1.64. The van der Waals surface area contributed by atoms with E-state index in [1.165, 1.54) is 23.0 Å². The van der Waals surface area contributed by atoms with Gasteiger partial charge in [-0.3, -0.25) is 14.5 Å². The van der Waals surface area contributed by atoms with Crippen molar-refractivity contribution in [2.45, 2.75) is 75.8 Å². The molecule has 2 aromatic heterocycles. The molecule has 226 valence electrons. The summed E-state index contributed by atoms with van der Waals surface area (Å²) in [5, 5.41) is -0.416. The number of amides is 1. The van der Waals surface area contributed by atoms with Crippen molar-refractivity contribution in [1.29, 1.82) is 0 Å². The third kappa shape index (κ3) is 5.64. The number of alkyl halides is 3. The van der Waals surface area contributed by atoms with Crippen molar-refractivity contribution >= 4 is 46.2 Å². The number of nitrogens with zero attached hydrogens (tertiary/aromatic N) is 5. The maximum atomic E-state index is 14.7. The topological polar surface area (TPSA) is 80.6 Å². The quantitative estimate of drug-likeness (QED) is 0.307. The predicted molar refractivity (Wildman–Crippen MR) is 153 cm³/mol. The molecule has 0 aliphatic carbocycles. The summed E-state index contributed by atoms with van der Waals surface area (Å²) < 4.78 is 64.3. The second-order valence-corrected chi connectivity index (χ2v) is 13.1. The summed E-state index contributed by atoms with van der Waals surface area (Å²) in [6, 6.07) is 1.33. The first-order chi connectivity index (χ1) is 19.6. The van der Waals surface area contributed by atoms with Gasteiger partial charge < -0.3 is 9.64 Å². The number of carbonyl (C=O) groups excluding carboxylic acids is 1. The minimum atomic E-state index is -4.78. The first-order valence-corrected chi connectivity index (χ1v) is 14.8. The van der Waals surface area contributed by atoms with Gasteiger partial charge in [0.1, 0.15) is 17.2 Å². The van der Waals surface area contributed by atoms with Gasteiger partial charge in [0.15, 0.2) is 0 Å². The van der Waals surface area contributed by atoms with Crippen LogP contribution in [0.3, 0.4) is 0 Å². The normalized spacial score (nSPS) is 21.4. The van der Waals surface area contributed by atoms with Crippen LogP contribution in [0.5, 0.6) is 0 Å². The molecule has 1 aromatic carbocycles. The predicted octanol–water partition coefficient (Wildman–Crippen LogP) is 6.33. The summed E-state index contributed by atoms with van der Waals surface area (Å²) in [5.74, 6) is -0.864. The molecule has 3 aromatic rings. The smallest absolute Gasteiger partial charge is 0.417 e. The van der Waals surface area contributed by atoms with Crippen LogP contribution in [0.15, 0.2) is 34.2 Å². The Labute approximate surface area is 249 Å². The van der Waals surface area contributed by atoms with Gasteiger partial charge in [-0.05, 0) is 46.8 Å². The summed E-state index contributed by atoms with van der Waals surface area (Å²) in [4.78, 5) is 38.2. The lowest BCUT2D eigenvalue weighted by Crippen LogP contribution is -2.59. The molecular weight excluding hydrogens is 598 g/mol. The number of benzene rings is 1. The number of ether oxygens (including phenoxy) is 1. The number of rotatable bonds is 2. The van der Waals surface area contributed by atoms with E-state index in [0.29, 0.717) is 0 Å². The Hall–Kier alpha value is -3.06. The summed E-state index contributed by atoms with van der Waals surface area (Å²) >= 11 is 7.43. The van der Waals surface area contributed by atoms with Crippen molar-refractivity contribution in [3.05, 3.63) is 57.0 Å². The number of thioether (sulfide) groups is 1. The number of hydrogen-bond donors (Lipinski definition) is 0. The number of carbonyl (C=O) groups is 1. The molecule has 1 saturated heterocycles. The third-order valence-electron chi connectivity index (χ3n) is 7.33. The Morgan fingerprint density at radius 2 is 1.81 bits per heavy atom. The van der Waals surface area contributed by atoms with Crippen molar-refractivity contribution in [3.8, 4) is 0 Å². The molecule has 2 aliphatic rings. The Morgan fingerprint density at radius 3 is 2.40 bits per heavy atom. The number of hydrogen-bond acceptors (Lipinski definition) is 7. The van der Waals surface area contributed by atoms with Gasteiger partial charge >= 0.3 is 18.0 Å².